The number of carbonyl (C=O) groups excluding carboxylic acids is 1. The number of hydrogen-bond acceptors (Lipinski definition) is 5. The van der Waals surface area contributed by atoms with Gasteiger partial charge in [-0.05, 0) is 92.4 Å². The highest BCUT2D eigenvalue weighted by molar-refractivity contribution is 7.92. The van der Waals surface area contributed by atoms with Crippen LogP contribution in [0, 0.1) is 27.7 Å². The van der Waals surface area contributed by atoms with Gasteiger partial charge in [0.25, 0.3) is 10.0 Å². The summed E-state index contributed by atoms with van der Waals surface area (Å²) in [5, 5.41) is 2.62. The standard InChI is InChI=1S/C25H29N3O5S2/c1-17-6-7-19(3)24(14-17)27-35(32,33)23-12-9-21(10-13-23)26-25(29)16-28(34(5,30)31)22-11-8-18(2)20(4)15-22/h6-15,27H,16H2,1-5H3,(H,26,29). The number of hydrogen-bond donors (Lipinski definition) is 2. The second-order valence-electron chi connectivity index (χ2n) is 8.53. The van der Waals surface area contributed by atoms with Gasteiger partial charge >= 0.3 is 0 Å². The zero-order valence-electron chi connectivity index (χ0n) is 20.3. The van der Waals surface area contributed by atoms with Crippen molar-refractivity contribution in [1.82, 2.24) is 0 Å². The van der Waals surface area contributed by atoms with Gasteiger partial charge in [0.05, 0.1) is 22.5 Å². The Bertz CT molecular complexity index is 1470. The number of rotatable bonds is 8. The molecule has 0 bridgehead atoms. The number of anilines is 3. The largest absolute Gasteiger partial charge is 0.325 e. The minimum atomic E-state index is -3.83. The van der Waals surface area contributed by atoms with Gasteiger partial charge in [-0.1, -0.05) is 18.2 Å². The molecule has 3 aromatic carbocycles. The van der Waals surface area contributed by atoms with Gasteiger partial charge < -0.3 is 5.32 Å². The van der Waals surface area contributed by atoms with Gasteiger partial charge in [0.2, 0.25) is 15.9 Å². The molecule has 0 aliphatic carbocycles. The maximum absolute atomic E-state index is 12.8. The summed E-state index contributed by atoms with van der Waals surface area (Å²) >= 11 is 0. The van der Waals surface area contributed by atoms with Crippen LogP contribution in [0.15, 0.2) is 65.6 Å². The summed E-state index contributed by atoms with van der Waals surface area (Å²) < 4.78 is 53.9. The normalized spacial score (nSPS) is 11.7. The number of nitrogens with one attached hydrogen (secondary N) is 2. The van der Waals surface area contributed by atoms with Gasteiger partial charge in [-0.3, -0.25) is 13.8 Å². The lowest BCUT2D eigenvalue weighted by molar-refractivity contribution is -0.114. The van der Waals surface area contributed by atoms with E-state index in [1.807, 2.05) is 39.8 Å². The second kappa shape index (κ2) is 10.1. The van der Waals surface area contributed by atoms with Crippen LogP contribution in [0.1, 0.15) is 22.3 Å². The Morgan fingerprint density at radius 2 is 1.43 bits per heavy atom. The molecule has 0 unspecified atom stereocenters. The van der Waals surface area contributed by atoms with Gasteiger partial charge in [0.15, 0.2) is 0 Å². The third-order valence-electron chi connectivity index (χ3n) is 5.55. The fraction of sp³-hybridized carbons (Fsp3) is 0.240. The van der Waals surface area contributed by atoms with Crippen LogP contribution < -0.4 is 14.3 Å². The average Bonchev–Trinajstić information content (AvgIpc) is 2.76. The Morgan fingerprint density at radius 1 is 0.800 bits per heavy atom. The zero-order valence-corrected chi connectivity index (χ0v) is 21.9. The van der Waals surface area contributed by atoms with Crippen LogP contribution in [-0.2, 0) is 24.8 Å². The molecule has 10 heteroatoms. The molecule has 2 N–H and O–H groups in total. The Morgan fingerprint density at radius 3 is 2.03 bits per heavy atom. The van der Waals surface area contributed by atoms with Gasteiger partial charge in [-0.15, -0.1) is 0 Å². The van der Waals surface area contributed by atoms with E-state index < -0.39 is 32.5 Å². The second-order valence-corrected chi connectivity index (χ2v) is 12.1. The molecule has 8 nitrogen and oxygen atoms in total. The molecule has 0 saturated carbocycles. The van der Waals surface area contributed by atoms with Crippen LogP contribution in [0.25, 0.3) is 0 Å². The minimum absolute atomic E-state index is 0.0318. The lowest BCUT2D eigenvalue weighted by Gasteiger charge is -2.22. The molecule has 3 aromatic rings. The third kappa shape index (κ3) is 6.61. The fourth-order valence-corrected chi connectivity index (χ4v) is 5.35. The highest BCUT2D eigenvalue weighted by atomic mass is 32.2. The number of aryl methyl sites for hydroxylation is 4. The van der Waals surface area contributed by atoms with Crippen LogP contribution in [0.3, 0.4) is 0 Å². The monoisotopic (exact) mass is 515 g/mol. The molecule has 0 fully saturated rings. The molecule has 0 atom stereocenters. The van der Waals surface area contributed by atoms with E-state index in [1.54, 1.807) is 24.3 Å². The van der Waals surface area contributed by atoms with Crippen molar-refractivity contribution in [3.8, 4) is 0 Å². The summed E-state index contributed by atoms with van der Waals surface area (Å²) in [5.74, 6) is -0.558. The predicted molar refractivity (Wildman–Crippen MR) is 140 cm³/mol. The molecule has 1 amide bonds. The van der Waals surface area contributed by atoms with E-state index in [4.69, 9.17) is 0 Å². The smallest absolute Gasteiger partial charge is 0.261 e. The topological polar surface area (TPSA) is 113 Å². The van der Waals surface area contributed by atoms with Crippen molar-refractivity contribution >= 4 is 43.0 Å². The number of amides is 1. The SMILES string of the molecule is Cc1ccc(C)c(NS(=O)(=O)c2ccc(NC(=O)CN(c3ccc(C)c(C)c3)S(C)(=O)=O)cc2)c1. The lowest BCUT2D eigenvalue weighted by atomic mass is 10.1. The Balaban J connectivity index is 1.74. The Hall–Kier alpha value is -3.37. The van der Waals surface area contributed by atoms with E-state index in [2.05, 4.69) is 10.0 Å². The highest BCUT2D eigenvalue weighted by Gasteiger charge is 2.22. The highest BCUT2D eigenvalue weighted by Crippen LogP contribution is 2.23. The Labute approximate surface area is 207 Å². The summed E-state index contributed by atoms with van der Waals surface area (Å²) in [7, 11) is -7.54. The van der Waals surface area contributed by atoms with E-state index in [9.17, 15) is 21.6 Å². The van der Waals surface area contributed by atoms with E-state index in [-0.39, 0.29) is 4.90 Å². The first-order valence-electron chi connectivity index (χ1n) is 10.8. The molecule has 0 radical (unpaired) electrons. The molecule has 0 aliphatic heterocycles. The average molecular weight is 516 g/mol. The van der Waals surface area contributed by atoms with Crippen molar-refractivity contribution in [3.05, 3.63) is 82.9 Å². The summed E-state index contributed by atoms with van der Waals surface area (Å²) in [6, 6.07) is 16.3. The van der Waals surface area contributed by atoms with E-state index >= 15 is 0 Å². The van der Waals surface area contributed by atoms with Crippen molar-refractivity contribution in [2.24, 2.45) is 0 Å². The molecule has 0 heterocycles. The lowest BCUT2D eigenvalue weighted by Crippen LogP contribution is -2.37. The summed E-state index contributed by atoms with van der Waals surface area (Å²) in [6.45, 7) is 7.05. The van der Waals surface area contributed by atoms with Crippen molar-refractivity contribution in [3.63, 3.8) is 0 Å². The maximum Gasteiger partial charge on any atom is 0.261 e. The van der Waals surface area contributed by atoms with Gasteiger partial charge in [0.1, 0.15) is 6.54 Å². The van der Waals surface area contributed by atoms with Crippen LogP contribution >= 0.6 is 0 Å². The molecular formula is C25H29N3O5S2. The van der Waals surface area contributed by atoms with Crippen molar-refractivity contribution in [1.29, 1.82) is 0 Å². The first kappa shape index (κ1) is 26.2. The summed E-state index contributed by atoms with van der Waals surface area (Å²) in [4.78, 5) is 12.7. The van der Waals surface area contributed by atoms with Crippen molar-refractivity contribution < 1.29 is 21.6 Å². The molecule has 0 spiro atoms. The quantitative estimate of drug-likeness (QED) is 0.469. The van der Waals surface area contributed by atoms with E-state index in [0.717, 1.165) is 32.8 Å². The molecule has 186 valence electrons. The number of sulfonamides is 2. The first-order valence-corrected chi connectivity index (χ1v) is 14.1. The molecule has 3 rings (SSSR count). The molecule has 0 aliphatic rings. The van der Waals surface area contributed by atoms with Crippen molar-refractivity contribution in [2.75, 3.05) is 27.1 Å². The fourth-order valence-electron chi connectivity index (χ4n) is 3.38. The van der Waals surface area contributed by atoms with Crippen molar-refractivity contribution in [2.45, 2.75) is 32.6 Å². The van der Waals surface area contributed by atoms with Gasteiger partial charge in [-0.25, -0.2) is 16.8 Å². The molecule has 0 aromatic heterocycles. The maximum atomic E-state index is 12.8. The number of carbonyl (C=O) groups is 1. The molecular weight excluding hydrogens is 486 g/mol. The predicted octanol–water partition coefficient (Wildman–Crippen LogP) is 4.13. The third-order valence-corrected chi connectivity index (χ3v) is 8.07. The zero-order chi connectivity index (χ0) is 26.0. The molecule has 0 saturated heterocycles. The summed E-state index contributed by atoms with van der Waals surface area (Å²) in [5.41, 5.74) is 4.86. The Kier molecular flexibility index (Phi) is 7.56. The van der Waals surface area contributed by atoms with Crippen LogP contribution in [0.4, 0.5) is 17.1 Å². The van der Waals surface area contributed by atoms with Crippen LogP contribution in [0.2, 0.25) is 0 Å². The van der Waals surface area contributed by atoms with E-state index in [1.165, 1.54) is 24.3 Å². The van der Waals surface area contributed by atoms with E-state index in [0.29, 0.717) is 17.1 Å². The minimum Gasteiger partial charge on any atom is -0.325 e. The van der Waals surface area contributed by atoms with Gasteiger partial charge in [-0.2, -0.15) is 0 Å². The van der Waals surface area contributed by atoms with Crippen LogP contribution in [-0.4, -0.2) is 35.5 Å². The van der Waals surface area contributed by atoms with Crippen LogP contribution in [0.5, 0.6) is 0 Å². The molecule has 35 heavy (non-hydrogen) atoms. The number of nitrogens with zero attached hydrogens (tertiary/aromatic N) is 1. The summed E-state index contributed by atoms with van der Waals surface area (Å²) in [6.07, 6.45) is 1.04. The van der Waals surface area contributed by atoms with Gasteiger partial charge in [0, 0.05) is 5.69 Å². The number of benzene rings is 3. The first-order chi connectivity index (χ1) is 16.3.